The van der Waals surface area contributed by atoms with Crippen molar-refractivity contribution in [1.82, 2.24) is 4.98 Å². The number of aryl methyl sites for hydroxylation is 1. The van der Waals surface area contributed by atoms with E-state index in [1.165, 1.54) is 33.5 Å². The Morgan fingerprint density at radius 1 is 1.09 bits per heavy atom. The number of esters is 1. The van der Waals surface area contributed by atoms with Crippen LogP contribution >= 0.6 is 23.1 Å². The van der Waals surface area contributed by atoms with Crippen molar-refractivity contribution in [2.45, 2.75) is 44.3 Å². The normalized spacial score (nSPS) is 12.9. The molecular weight excluding hydrogens is 478 g/mol. The van der Waals surface area contributed by atoms with E-state index < -0.39 is 0 Å². The van der Waals surface area contributed by atoms with Gasteiger partial charge < -0.3 is 10.1 Å². The number of H-pyrrole nitrogens is 1. The molecule has 0 bridgehead atoms. The summed E-state index contributed by atoms with van der Waals surface area (Å²) in [6.07, 6.45) is 3.98. The molecule has 0 spiro atoms. The number of thioether (sulfide) groups is 1. The van der Waals surface area contributed by atoms with Crippen LogP contribution in [0.2, 0.25) is 0 Å². The van der Waals surface area contributed by atoms with Crippen LogP contribution in [-0.4, -0.2) is 29.2 Å². The molecule has 2 N–H and O–H groups in total. The van der Waals surface area contributed by atoms with E-state index in [1.807, 2.05) is 36.4 Å². The number of benzene rings is 2. The van der Waals surface area contributed by atoms with E-state index in [0.717, 1.165) is 47.4 Å². The van der Waals surface area contributed by atoms with Gasteiger partial charge in [-0.1, -0.05) is 42.5 Å². The molecule has 6 nitrogen and oxygen atoms in total. The fraction of sp³-hybridized carbons (Fsp3) is 0.296. The van der Waals surface area contributed by atoms with E-state index in [1.54, 1.807) is 6.92 Å². The third-order valence-electron chi connectivity index (χ3n) is 6.11. The van der Waals surface area contributed by atoms with Crippen LogP contribution in [0.15, 0.2) is 59.8 Å². The Morgan fingerprint density at radius 2 is 1.86 bits per heavy atom. The number of fused-ring (bicyclic) bond motifs is 2. The van der Waals surface area contributed by atoms with E-state index in [2.05, 4.69) is 33.1 Å². The molecular formula is C27H28N3O3S2+. The molecule has 2 aromatic heterocycles. The Bertz CT molecular complexity index is 1360. The maximum absolute atomic E-state index is 13.0. The smallest absolute Gasteiger partial charge is 0.341 e. The maximum atomic E-state index is 13.0. The number of carbonyl (C=O) groups excluding carboxylic acids is 2. The van der Waals surface area contributed by atoms with Gasteiger partial charge in [-0.25, -0.2) is 14.3 Å². The number of amides is 1. The quantitative estimate of drug-likeness (QED) is 0.192. The first-order valence-electron chi connectivity index (χ1n) is 11.9. The van der Waals surface area contributed by atoms with Crippen LogP contribution in [0.4, 0.5) is 5.00 Å². The number of hydrogen-bond donors (Lipinski definition) is 2. The lowest BCUT2D eigenvalue weighted by Gasteiger charge is -2.12. The van der Waals surface area contributed by atoms with Crippen LogP contribution in [0.1, 0.15) is 46.1 Å². The van der Waals surface area contributed by atoms with Gasteiger partial charge in [0.2, 0.25) is 5.91 Å². The van der Waals surface area contributed by atoms with Crippen molar-refractivity contribution in [2.24, 2.45) is 0 Å². The average molecular weight is 507 g/mol. The fourth-order valence-electron chi connectivity index (χ4n) is 4.51. The first-order valence-corrected chi connectivity index (χ1v) is 13.7. The van der Waals surface area contributed by atoms with E-state index in [9.17, 15) is 9.59 Å². The van der Waals surface area contributed by atoms with Crippen molar-refractivity contribution in [3.63, 3.8) is 0 Å². The zero-order chi connectivity index (χ0) is 24.2. The van der Waals surface area contributed by atoms with Gasteiger partial charge >= 0.3 is 11.1 Å². The Balaban J connectivity index is 1.35. The van der Waals surface area contributed by atoms with Crippen LogP contribution in [0.25, 0.3) is 11.0 Å². The van der Waals surface area contributed by atoms with Crippen LogP contribution in [0.3, 0.4) is 0 Å². The molecule has 0 unspecified atom stereocenters. The molecule has 35 heavy (non-hydrogen) atoms. The predicted molar refractivity (Wildman–Crippen MR) is 140 cm³/mol. The molecule has 0 aliphatic heterocycles. The molecule has 1 aliphatic rings. The van der Waals surface area contributed by atoms with Gasteiger partial charge in [0.15, 0.2) is 11.0 Å². The molecule has 1 aliphatic carbocycles. The molecule has 1 amide bonds. The van der Waals surface area contributed by atoms with Gasteiger partial charge in [0.05, 0.1) is 17.9 Å². The van der Waals surface area contributed by atoms with E-state index in [4.69, 9.17) is 4.74 Å². The molecule has 0 atom stereocenters. The highest BCUT2D eigenvalue weighted by Gasteiger charge is 2.28. The standard InChI is InChI=1S/C27H27N3O3S2/c1-2-33-26(32)24-19-12-6-9-15-22(19)35-25(24)29-23(31)17-34-27-28-20-13-7-8-14-21(20)30(27)16-18-10-4-3-5-11-18/h3-5,7-8,10-11,13-14H,2,6,9,12,15-17H2,1H3,(H,29,31,32)/p+1. The fourth-order valence-corrected chi connectivity index (χ4v) is 6.65. The van der Waals surface area contributed by atoms with Crippen LogP contribution in [0.5, 0.6) is 0 Å². The Labute approximate surface area is 212 Å². The van der Waals surface area contributed by atoms with Gasteiger partial charge in [0.25, 0.3) is 0 Å². The lowest BCUT2D eigenvalue weighted by molar-refractivity contribution is -0.700. The van der Waals surface area contributed by atoms with Crippen molar-refractivity contribution >= 4 is 51.0 Å². The third-order valence-corrected chi connectivity index (χ3v) is 8.32. The van der Waals surface area contributed by atoms with Gasteiger partial charge in [-0.2, -0.15) is 0 Å². The number of imidazole rings is 1. The predicted octanol–water partition coefficient (Wildman–Crippen LogP) is 5.35. The highest BCUT2D eigenvalue weighted by molar-refractivity contribution is 7.99. The third kappa shape index (κ3) is 5.13. The number of thiophene rings is 1. The number of aromatic nitrogens is 2. The summed E-state index contributed by atoms with van der Waals surface area (Å²) in [5.74, 6) is -0.248. The first-order chi connectivity index (χ1) is 17.1. The van der Waals surface area contributed by atoms with Gasteiger partial charge in [-0.05, 0) is 67.6 Å². The number of carbonyl (C=O) groups is 2. The monoisotopic (exact) mass is 506 g/mol. The molecule has 2 aromatic carbocycles. The summed E-state index contributed by atoms with van der Waals surface area (Å²) in [7, 11) is 0. The highest BCUT2D eigenvalue weighted by Crippen LogP contribution is 2.38. The second kappa shape index (κ2) is 10.7. The lowest BCUT2D eigenvalue weighted by Crippen LogP contribution is -2.35. The van der Waals surface area contributed by atoms with Gasteiger partial charge in [-0.15, -0.1) is 11.3 Å². The second-order valence-electron chi connectivity index (χ2n) is 8.49. The first kappa shape index (κ1) is 23.6. The minimum atomic E-state index is -0.342. The Hall–Kier alpha value is -3.10. The summed E-state index contributed by atoms with van der Waals surface area (Å²) in [4.78, 5) is 30.4. The highest BCUT2D eigenvalue weighted by atomic mass is 32.2. The number of ether oxygens (including phenoxy) is 1. The summed E-state index contributed by atoms with van der Waals surface area (Å²) in [5, 5.41) is 4.55. The maximum Gasteiger partial charge on any atom is 0.341 e. The topological polar surface area (TPSA) is 75.1 Å². The molecule has 4 aromatic rings. The van der Waals surface area contributed by atoms with Crippen molar-refractivity contribution in [3.8, 4) is 0 Å². The summed E-state index contributed by atoms with van der Waals surface area (Å²) in [6.45, 7) is 2.82. The van der Waals surface area contributed by atoms with E-state index in [-0.39, 0.29) is 17.6 Å². The summed E-state index contributed by atoms with van der Waals surface area (Å²) in [5.41, 5.74) is 4.92. The number of rotatable bonds is 8. The van der Waals surface area contributed by atoms with Crippen molar-refractivity contribution in [2.75, 3.05) is 17.7 Å². The van der Waals surface area contributed by atoms with Gasteiger partial charge in [0, 0.05) is 4.88 Å². The minimum absolute atomic E-state index is 0.135. The SMILES string of the molecule is CCOC(=O)c1c(NC(=O)CSc2[nH]c3ccccc3[n+]2Cc2ccccc2)sc2c1CCCC2. The molecule has 180 valence electrons. The summed E-state index contributed by atoms with van der Waals surface area (Å²) >= 11 is 2.98. The number of nitrogens with one attached hydrogen (secondary N) is 2. The molecule has 8 heteroatoms. The van der Waals surface area contributed by atoms with E-state index >= 15 is 0 Å². The number of hydrogen-bond acceptors (Lipinski definition) is 5. The number of aromatic amines is 1. The van der Waals surface area contributed by atoms with Gasteiger partial charge in [-0.3, -0.25) is 4.79 Å². The van der Waals surface area contributed by atoms with E-state index in [0.29, 0.717) is 23.7 Å². The molecule has 0 saturated carbocycles. The van der Waals surface area contributed by atoms with Crippen molar-refractivity contribution in [3.05, 3.63) is 76.2 Å². The Kier molecular flexibility index (Phi) is 7.20. The van der Waals surface area contributed by atoms with Crippen molar-refractivity contribution in [1.29, 1.82) is 0 Å². The number of para-hydroxylation sites is 2. The average Bonchev–Trinajstić information content (AvgIpc) is 3.41. The molecule has 5 rings (SSSR count). The van der Waals surface area contributed by atoms with Gasteiger partial charge in [0.1, 0.15) is 11.5 Å². The zero-order valence-corrected chi connectivity index (χ0v) is 21.3. The Morgan fingerprint density at radius 3 is 2.69 bits per heavy atom. The second-order valence-corrected chi connectivity index (χ2v) is 10.6. The van der Waals surface area contributed by atoms with Crippen LogP contribution in [-0.2, 0) is 28.9 Å². The van der Waals surface area contributed by atoms with Crippen LogP contribution < -0.4 is 9.88 Å². The largest absolute Gasteiger partial charge is 0.462 e. The minimum Gasteiger partial charge on any atom is -0.462 e. The molecule has 2 heterocycles. The molecule has 0 radical (unpaired) electrons. The number of nitrogens with zero attached hydrogens (tertiary/aromatic N) is 1. The lowest BCUT2D eigenvalue weighted by atomic mass is 9.95. The summed E-state index contributed by atoms with van der Waals surface area (Å²) in [6, 6.07) is 18.4. The van der Waals surface area contributed by atoms with Crippen molar-refractivity contribution < 1.29 is 18.9 Å². The molecule has 0 fully saturated rings. The van der Waals surface area contributed by atoms with Crippen LogP contribution in [0, 0.1) is 0 Å². The summed E-state index contributed by atoms with van der Waals surface area (Å²) < 4.78 is 7.52. The number of anilines is 1. The zero-order valence-electron chi connectivity index (χ0n) is 19.6. The molecule has 0 saturated heterocycles.